The van der Waals surface area contributed by atoms with Crippen LogP contribution in [-0.4, -0.2) is 77.7 Å². The predicted molar refractivity (Wildman–Crippen MR) is 184 cm³/mol. The Kier molecular flexibility index (Phi) is 14.2. The highest BCUT2D eigenvalue weighted by Crippen LogP contribution is 2.12. The maximum absolute atomic E-state index is 14.1. The number of hydrogen-bond acceptors (Lipinski definition) is 8. The summed E-state index contributed by atoms with van der Waals surface area (Å²) < 4.78 is 5.55. The van der Waals surface area contributed by atoms with E-state index in [1.165, 1.54) is 33.8 Å². The van der Waals surface area contributed by atoms with Crippen LogP contribution in [0.2, 0.25) is 0 Å². The fourth-order valence-corrected chi connectivity index (χ4v) is 5.21. The molecule has 0 aromatic heterocycles. The van der Waals surface area contributed by atoms with Crippen LogP contribution in [0.5, 0.6) is 0 Å². The summed E-state index contributed by atoms with van der Waals surface area (Å²) in [4.78, 5) is 92.7. The lowest BCUT2D eigenvalue weighted by Gasteiger charge is -2.30. The molecule has 0 aliphatic carbocycles. The van der Waals surface area contributed by atoms with Crippen LogP contribution < -0.4 is 31.9 Å². The first-order chi connectivity index (χ1) is 23.7. The summed E-state index contributed by atoms with van der Waals surface area (Å²) in [6.45, 7) is 8.95. The summed E-state index contributed by atoms with van der Waals surface area (Å²) >= 11 is 0. The molecule has 6 unspecified atom stereocenters. The minimum Gasteiger partial charge on any atom is -0.455 e. The molecule has 0 spiro atoms. The smallest absolute Gasteiger partial charge is 0.354 e. The van der Waals surface area contributed by atoms with Gasteiger partial charge in [0.15, 0.2) is 0 Å². The van der Waals surface area contributed by atoms with E-state index in [2.05, 4.69) is 31.9 Å². The van der Waals surface area contributed by atoms with Crippen LogP contribution in [0.1, 0.15) is 52.7 Å². The zero-order chi connectivity index (χ0) is 37.0. The Hall–Kier alpha value is -5.53. The molecule has 1 aliphatic rings. The number of carbonyl (C=O) groups is 7. The maximum atomic E-state index is 14.1. The van der Waals surface area contributed by atoms with Crippen LogP contribution in [0.25, 0.3) is 0 Å². The van der Waals surface area contributed by atoms with Crippen LogP contribution in [0.4, 0.5) is 0 Å². The monoisotopic (exact) mass is 690 g/mol. The Labute approximate surface area is 291 Å². The summed E-state index contributed by atoms with van der Waals surface area (Å²) in [5.74, 6) is -5.49. The third-order valence-electron chi connectivity index (χ3n) is 8.00. The molecule has 14 nitrogen and oxygen atoms in total. The number of ether oxygens (including phenoxy) is 1. The maximum Gasteiger partial charge on any atom is 0.354 e. The van der Waals surface area contributed by atoms with Crippen LogP contribution >= 0.6 is 0 Å². The van der Waals surface area contributed by atoms with Gasteiger partial charge in [0.1, 0.15) is 42.0 Å². The molecule has 6 N–H and O–H groups in total. The van der Waals surface area contributed by atoms with Crippen molar-refractivity contribution in [2.45, 2.75) is 90.7 Å². The SMILES string of the molecule is CC=C1NC(=O)C(C)NC(=O)C(C(C)C)NC(=O)C(NC(=O)C(Cc2ccccc2)NC(=O)C(Cc2ccccc2)NC(C)=O)C(C)OC1=O. The van der Waals surface area contributed by atoms with Crippen molar-refractivity contribution in [1.82, 2.24) is 31.9 Å². The first-order valence-electron chi connectivity index (χ1n) is 16.4. The second-order valence-electron chi connectivity index (χ2n) is 12.4. The van der Waals surface area contributed by atoms with E-state index in [0.29, 0.717) is 5.56 Å². The van der Waals surface area contributed by atoms with Crippen molar-refractivity contribution < 1.29 is 38.3 Å². The number of carbonyl (C=O) groups excluding carboxylic acids is 7. The van der Waals surface area contributed by atoms with E-state index in [1.807, 2.05) is 6.07 Å². The van der Waals surface area contributed by atoms with Gasteiger partial charge in [-0.25, -0.2) is 4.79 Å². The average molecular weight is 691 g/mol. The van der Waals surface area contributed by atoms with Crippen LogP contribution in [0.15, 0.2) is 72.4 Å². The van der Waals surface area contributed by atoms with Gasteiger partial charge < -0.3 is 36.6 Å². The first kappa shape index (κ1) is 38.9. The van der Waals surface area contributed by atoms with E-state index in [9.17, 15) is 33.6 Å². The van der Waals surface area contributed by atoms with Crippen molar-refractivity contribution in [3.8, 4) is 0 Å². The van der Waals surface area contributed by atoms with Crippen LogP contribution in [-0.2, 0) is 51.1 Å². The van der Waals surface area contributed by atoms with Gasteiger partial charge in [0, 0.05) is 19.8 Å². The first-order valence-corrected chi connectivity index (χ1v) is 16.4. The predicted octanol–water partition coefficient (Wildman–Crippen LogP) is 0.557. The molecule has 0 saturated carbocycles. The number of allylic oxidation sites excluding steroid dienone is 1. The normalized spacial score (nSPS) is 22.3. The quantitative estimate of drug-likeness (QED) is 0.153. The minimum absolute atomic E-state index is 0.00269. The van der Waals surface area contributed by atoms with E-state index in [4.69, 9.17) is 4.74 Å². The Morgan fingerprint density at radius 3 is 1.82 bits per heavy atom. The third kappa shape index (κ3) is 11.3. The summed E-state index contributed by atoms with van der Waals surface area (Å²) in [5.41, 5.74) is 1.23. The van der Waals surface area contributed by atoms with Crippen molar-refractivity contribution in [3.05, 3.63) is 83.6 Å². The second-order valence-corrected chi connectivity index (χ2v) is 12.4. The number of cyclic esters (lactones) is 1. The average Bonchev–Trinajstić information content (AvgIpc) is 3.07. The van der Waals surface area contributed by atoms with Gasteiger partial charge in [0.25, 0.3) is 0 Å². The number of hydrogen-bond donors (Lipinski definition) is 6. The van der Waals surface area contributed by atoms with Crippen molar-refractivity contribution in [2.75, 3.05) is 0 Å². The zero-order valence-corrected chi connectivity index (χ0v) is 29.1. The van der Waals surface area contributed by atoms with Crippen LogP contribution in [0, 0.1) is 5.92 Å². The van der Waals surface area contributed by atoms with Gasteiger partial charge in [-0.15, -0.1) is 0 Å². The summed E-state index contributed by atoms with van der Waals surface area (Å²) in [6, 6.07) is 11.9. The van der Waals surface area contributed by atoms with E-state index < -0.39 is 83.6 Å². The lowest BCUT2D eigenvalue weighted by atomic mass is 10.0. The van der Waals surface area contributed by atoms with E-state index in [0.717, 1.165) is 5.56 Å². The molecule has 1 aliphatic heterocycles. The van der Waals surface area contributed by atoms with Gasteiger partial charge in [-0.3, -0.25) is 28.8 Å². The van der Waals surface area contributed by atoms with Crippen molar-refractivity contribution in [2.24, 2.45) is 5.92 Å². The van der Waals surface area contributed by atoms with E-state index in [1.54, 1.807) is 68.4 Å². The highest BCUT2D eigenvalue weighted by atomic mass is 16.5. The molecule has 6 amide bonds. The standard InChI is InChI=1S/C36H46N6O8/c1-7-26-36(49)50-22(5)30(35(48)41-29(20(2)3)34(47)37-21(4)31(44)39-26)42-33(46)28(19-25-16-12-9-13-17-25)40-32(45)27(38-23(6)43)18-24-14-10-8-11-15-24/h7-17,20-22,27-30H,18-19H2,1-6H3,(H,37,47)(H,38,43)(H,39,44)(H,40,45)(H,41,48)(H,42,46). The van der Waals surface area contributed by atoms with Crippen molar-refractivity contribution in [3.63, 3.8) is 0 Å². The molecule has 2 aromatic rings. The number of esters is 1. The fraction of sp³-hybridized carbons (Fsp3) is 0.417. The lowest BCUT2D eigenvalue weighted by Crippen LogP contribution is -2.62. The highest BCUT2D eigenvalue weighted by molar-refractivity contribution is 5.99. The van der Waals surface area contributed by atoms with Crippen molar-refractivity contribution >= 4 is 41.4 Å². The molecular weight excluding hydrogens is 644 g/mol. The van der Waals surface area contributed by atoms with Gasteiger partial charge in [0.2, 0.25) is 35.4 Å². The molecule has 1 heterocycles. The Morgan fingerprint density at radius 1 is 0.780 bits per heavy atom. The molecule has 6 atom stereocenters. The molecule has 268 valence electrons. The summed E-state index contributed by atoms with van der Waals surface area (Å²) in [7, 11) is 0. The van der Waals surface area contributed by atoms with Gasteiger partial charge in [-0.2, -0.15) is 0 Å². The Bertz CT molecular complexity index is 1580. The minimum atomic E-state index is -1.54. The molecule has 0 radical (unpaired) electrons. The van der Waals surface area contributed by atoms with E-state index >= 15 is 0 Å². The summed E-state index contributed by atoms with van der Waals surface area (Å²) in [5, 5.41) is 15.6. The molecular formula is C36H46N6O8. The Morgan fingerprint density at radius 2 is 1.32 bits per heavy atom. The van der Waals surface area contributed by atoms with Crippen LogP contribution in [0.3, 0.4) is 0 Å². The fourth-order valence-electron chi connectivity index (χ4n) is 5.21. The topological polar surface area (TPSA) is 201 Å². The number of nitrogens with one attached hydrogen (secondary N) is 6. The molecule has 0 bridgehead atoms. The third-order valence-corrected chi connectivity index (χ3v) is 8.00. The number of rotatable bonds is 10. The van der Waals surface area contributed by atoms with Gasteiger partial charge in [-0.1, -0.05) is 80.6 Å². The molecule has 3 rings (SSSR count). The second kappa shape index (κ2) is 18.3. The van der Waals surface area contributed by atoms with Gasteiger partial charge >= 0.3 is 5.97 Å². The molecule has 1 fully saturated rings. The van der Waals surface area contributed by atoms with Gasteiger partial charge in [-0.05, 0) is 37.8 Å². The highest BCUT2D eigenvalue weighted by Gasteiger charge is 2.37. The number of amides is 6. The zero-order valence-electron chi connectivity index (χ0n) is 29.1. The number of benzene rings is 2. The molecule has 50 heavy (non-hydrogen) atoms. The largest absolute Gasteiger partial charge is 0.455 e. The lowest BCUT2D eigenvalue weighted by molar-refractivity contribution is -0.149. The van der Waals surface area contributed by atoms with E-state index in [-0.39, 0.29) is 18.5 Å². The summed E-state index contributed by atoms with van der Waals surface area (Å²) in [6.07, 6.45) is 0.136. The Balaban J connectivity index is 1.97. The molecule has 1 saturated heterocycles. The van der Waals surface area contributed by atoms with Gasteiger partial charge in [0.05, 0.1) is 0 Å². The molecule has 14 heteroatoms. The molecule has 2 aromatic carbocycles. The van der Waals surface area contributed by atoms with Crippen molar-refractivity contribution in [1.29, 1.82) is 0 Å².